The van der Waals surface area contributed by atoms with Crippen LogP contribution in [-0.2, 0) is 5.41 Å². The fraction of sp³-hybridized carbons (Fsp3) is 0.0769. The Morgan fingerprint density at radius 3 is 2.24 bits per heavy atom. The summed E-state index contributed by atoms with van der Waals surface area (Å²) in [5, 5.41) is 4.78. The van der Waals surface area contributed by atoms with Crippen LogP contribution in [0.3, 0.4) is 0 Å². The summed E-state index contributed by atoms with van der Waals surface area (Å²) in [4.78, 5) is 9.73. The van der Waals surface area contributed by atoms with Crippen LogP contribution < -0.4 is 0 Å². The van der Waals surface area contributed by atoms with Crippen molar-refractivity contribution in [3.8, 4) is 28.1 Å². The molecule has 0 spiro atoms. The third-order valence-corrected chi connectivity index (χ3v) is 9.21. The number of hydrogen-bond acceptors (Lipinski definition) is 2. The number of pyridine rings is 2. The van der Waals surface area contributed by atoms with Gasteiger partial charge < -0.3 is 4.57 Å². The van der Waals surface area contributed by atoms with E-state index in [0.29, 0.717) is 0 Å². The molecule has 0 amide bonds. The van der Waals surface area contributed by atoms with Crippen LogP contribution in [0, 0.1) is 0 Å². The Morgan fingerprint density at radius 2 is 1.36 bits per heavy atom. The highest BCUT2D eigenvalue weighted by molar-refractivity contribution is 6.13. The monoisotopic (exact) mass is 537 g/mol. The molecule has 0 fully saturated rings. The molecule has 42 heavy (non-hydrogen) atoms. The molecular weight excluding hydrogens is 510 g/mol. The van der Waals surface area contributed by atoms with Crippen LogP contribution in [0.25, 0.3) is 71.7 Å². The first-order chi connectivity index (χ1) is 20.6. The second-order valence-electron chi connectivity index (χ2n) is 11.9. The highest BCUT2D eigenvalue weighted by atomic mass is 15.0. The van der Waals surface area contributed by atoms with E-state index in [1.54, 1.807) is 0 Å². The van der Waals surface area contributed by atoms with E-state index in [0.717, 1.165) is 38.8 Å². The van der Waals surface area contributed by atoms with Gasteiger partial charge in [-0.25, -0.2) is 4.98 Å². The molecule has 0 aliphatic heterocycles. The molecule has 0 atom stereocenters. The Kier molecular flexibility index (Phi) is 4.67. The fourth-order valence-electron chi connectivity index (χ4n) is 7.25. The van der Waals surface area contributed by atoms with Crippen molar-refractivity contribution >= 4 is 43.6 Å². The van der Waals surface area contributed by atoms with E-state index in [1.807, 2.05) is 12.3 Å². The maximum absolute atomic E-state index is 5.09. The topological polar surface area (TPSA) is 30.7 Å². The third-order valence-electron chi connectivity index (χ3n) is 9.21. The lowest BCUT2D eigenvalue weighted by Gasteiger charge is -2.23. The van der Waals surface area contributed by atoms with Gasteiger partial charge in [-0.05, 0) is 52.6 Å². The Labute approximate surface area is 243 Å². The van der Waals surface area contributed by atoms with Gasteiger partial charge in [0.25, 0.3) is 0 Å². The van der Waals surface area contributed by atoms with Crippen LogP contribution in [0.4, 0.5) is 0 Å². The summed E-state index contributed by atoms with van der Waals surface area (Å²) in [6.07, 6.45) is 1.84. The SMILES string of the molecule is CC1(C)c2ccccc2-c2ccc3c4ccccc4n(-c4ccc(-c5ccc6ccc7cccnc7c6n5)cc4)c3c21. The predicted octanol–water partition coefficient (Wildman–Crippen LogP) is 9.85. The average molecular weight is 538 g/mol. The number of para-hydroxylation sites is 1. The van der Waals surface area contributed by atoms with Crippen LogP contribution in [0.2, 0.25) is 0 Å². The van der Waals surface area contributed by atoms with Crippen LogP contribution in [0.5, 0.6) is 0 Å². The van der Waals surface area contributed by atoms with Crippen LogP contribution in [0.1, 0.15) is 25.0 Å². The zero-order chi connectivity index (χ0) is 28.0. The minimum atomic E-state index is -0.108. The maximum atomic E-state index is 5.09. The predicted molar refractivity (Wildman–Crippen MR) is 174 cm³/mol. The van der Waals surface area contributed by atoms with Gasteiger partial charge in [0.2, 0.25) is 0 Å². The smallest absolute Gasteiger partial charge is 0.0972 e. The molecule has 0 N–H and O–H groups in total. The van der Waals surface area contributed by atoms with Crippen molar-refractivity contribution < 1.29 is 0 Å². The largest absolute Gasteiger partial charge is 0.309 e. The first kappa shape index (κ1) is 23.4. The van der Waals surface area contributed by atoms with E-state index in [-0.39, 0.29) is 5.41 Å². The first-order valence-corrected chi connectivity index (χ1v) is 14.5. The molecule has 5 aromatic carbocycles. The van der Waals surface area contributed by atoms with Crippen LogP contribution in [-0.4, -0.2) is 14.5 Å². The molecule has 0 saturated carbocycles. The van der Waals surface area contributed by atoms with Gasteiger partial charge >= 0.3 is 0 Å². The lowest BCUT2D eigenvalue weighted by atomic mass is 9.81. The van der Waals surface area contributed by atoms with E-state index in [2.05, 4.69) is 139 Å². The lowest BCUT2D eigenvalue weighted by molar-refractivity contribution is 0.664. The first-order valence-electron chi connectivity index (χ1n) is 14.5. The molecule has 3 heterocycles. The molecule has 3 nitrogen and oxygen atoms in total. The van der Waals surface area contributed by atoms with Crippen molar-refractivity contribution in [2.24, 2.45) is 0 Å². The van der Waals surface area contributed by atoms with Gasteiger partial charge in [-0.1, -0.05) is 105 Å². The number of fused-ring (bicyclic) bond motifs is 10. The molecule has 198 valence electrons. The van der Waals surface area contributed by atoms with Crippen molar-refractivity contribution in [3.63, 3.8) is 0 Å². The van der Waals surface area contributed by atoms with Crippen LogP contribution >= 0.6 is 0 Å². The summed E-state index contributed by atoms with van der Waals surface area (Å²) >= 11 is 0. The summed E-state index contributed by atoms with van der Waals surface area (Å²) in [6.45, 7) is 4.73. The fourth-order valence-corrected chi connectivity index (χ4v) is 7.25. The Balaban J connectivity index is 1.26. The van der Waals surface area contributed by atoms with Crippen molar-refractivity contribution in [2.75, 3.05) is 0 Å². The second-order valence-corrected chi connectivity index (χ2v) is 11.9. The van der Waals surface area contributed by atoms with Gasteiger partial charge in [-0.3, -0.25) is 4.98 Å². The molecule has 8 aromatic rings. The molecule has 3 heteroatoms. The van der Waals surface area contributed by atoms with Crippen molar-refractivity contribution in [3.05, 3.63) is 139 Å². The molecule has 1 aliphatic carbocycles. The number of rotatable bonds is 2. The highest BCUT2D eigenvalue weighted by Crippen LogP contribution is 2.52. The lowest BCUT2D eigenvalue weighted by Crippen LogP contribution is -2.16. The summed E-state index contributed by atoms with van der Waals surface area (Å²) in [5.41, 5.74) is 13.0. The van der Waals surface area contributed by atoms with Gasteiger partial charge in [0, 0.05) is 44.4 Å². The molecule has 9 rings (SSSR count). The number of aromatic nitrogens is 3. The van der Waals surface area contributed by atoms with Crippen molar-refractivity contribution in [1.29, 1.82) is 0 Å². The Morgan fingerprint density at radius 1 is 0.595 bits per heavy atom. The molecule has 0 bridgehead atoms. The van der Waals surface area contributed by atoms with Gasteiger partial charge in [-0.2, -0.15) is 0 Å². The van der Waals surface area contributed by atoms with Crippen molar-refractivity contribution in [2.45, 2.75) is 19.3 Å². The van der Waals surface area contributed by atoms with E-state index in [1.165, 1.54) is 44.1 Å². The summed E-state index contributed by atoms with van der Waals surface area (Å²) in [7, 11) is 0. The normalized spacial score (nSPS) is 13.7. The molecule has 0 unspecified atom stereocenters. The standard InChI is InChI=1S/C39H27N3/c1-39(2)32-11-5-3-9-28(32)30-20-21-31-29-10-4-6-12-34(29)42(38(31)35(30)39)27-18-15-24(16-19-27)33-22-17-26-14-13-25-8-7-23-40-36(25)37(26)41-33/h3-23H,1-2H3. The van der Waals surface area contributed by atoms with E-state index >= 15 is 0 Å². The van der Waals surface area contributed by atoms with Crippen LogP contribution in [0.15, 0.2) is 128 Å². The zero-order valence-corrected chi connectivity index (χ0v) is 23.5. The molecule has 3 aromatic heterocycles. The molecule has 0 saturated heterocycles. The minimum absolute atomic E-state index is 0.108. The summed E-state index contributed by atoms with van der Waals surface area (Å²) in [6, 6.07) is 43.7. The van der Waals surface area contributed by atoms with Gasteiger partial charge in [0.1, 0.15) is 0 Å². The number of nitrogens with zero attached hydrogens (tertiary/aromatic N) is 3. The average Bonchev–Trinajstić information content (AvgIpc) is 3.50. The maximum Gasteiger partial charge on any atom is 0.0972 e. The van der Waals surface area contributed by atoms with E-state index in [9.17, 15) is 0 Å². The molecule has 1 aliphatic rings. The van der Waals surface area contributed by atoms with Gasteiger partial charge in [0.15, 0.2) is 0 Å². The number of benzene rings is 5. The zero-order valence-electron chi connectivity index (χ0n) is 23.5. The molecular formula is C39H27N3. The quantitative estimate of drug-likeness (QED) is 0.205. The molecule has 0 radical (unpaired) electrons. The summed E-state index contributed by atoms with van der Waals surface area (Å²) in [5.74, 6) is 0. The Hall–Kier alpha value is -5.28. The summed E-state index contributed by atoms with van der Waals surface area (Å²) < 4.78 is 2.46. The number of hydrogen-bond donors (Lipinski definition) is 0. The van der Waals surface area contributed by atoms with Crippen molar-refractivity contribution in [1.82, 2.24) is 14.5 Å². The third kappa shape index (κ3) is 3.11. The van der Waals surface area contributed by atoms with Gasteiger partial charge in [-0.15, -0.1) is 0 Å². The second kappa shape index (κ2) is 8.37. The van der Waals surface area contributed by atoms with E-state index < -0.39 is 0 Å². The minimum Gasteiger partial charge on any atom is -0.309 e. The Bertz CT molecular complexity index is 2380. The van der Waals surface area contributed by atoms with Gasteiger partial charge in [0.05, 0.1) is 27.8 Å². The highest BCUT2D eigenvalue weighted by Gasteiger charge is 2.38. The van der Waals surface area contributed by atoms with E-state index in [4.69, 9.17) is 4.98 Å².